The van der Waals surface area contributed by atoms with Crippen molar-refractivity contribution in [2.45, 2.75) is 17.7 Å². The fourth-order valence-corrected chi connectivity index (χ4v) is 3.91. The van der Waals surface area contributed by atoms with Gasteiger partial charge in [0.25, 0.3) is 0 Å². The van der Waals surface area contributed by atoms with Crippen molar-refractivity contribution in [2.75, 3.05) is 12.4 Å². The summed E-state index contributed by atoms with van der Waals surface area (Å²) < 4.78 is 20.2. The Morgan fingerprint density at radius 3 is 3.04 bits per heavy atom. The molecule has 2 aromatic heterocycles. The van der Waals surface area contributed by atoms with E-state index in [0.717, 1.165) is 21.5 Å². The molecule has 1 aromatic carbocycles. The van der Waals surface area contributed by atoms with Crippen molar-refractivity contribution in [3.63, 3.8) is 0 Å². The maximum Gasteiger partial charge on any atom is 0.333 e. The van der Waals surface area contributed by atoms with Gasteiger partial charge >= 0.3 is 5.97 Å². The number of benzene rings is 1. The number of tetrazole rings is 1. The molecule has 0 radical (unpaired) electrons. The van der Waals surface area contributed by atoms with Crippen LogP contribution in [0.15, 0.2) is 27.0 Å². The smallest absolute Gasteiger partial charge is 0.333 e. The lowest BCUT2D eigenvalue weighted by molar-refractivity contribution is -0.145. The molecule has 13 heteroatoms. The van der Waals surface area contributed by atoms with Crippen molar-refractivity contribution in [1.29, 1.82) is 0 Å². The molecule has 3 rings (SSSR count). The molecular formula is C14H12BrFN6O3S2. The van der Waals surface area contributed by atoms with Gasteiger partial charge in [0.05, 0.1) is 11.1 Å². The van der Waals surface area contributed by atoms with Crippen LogP contribution in [-0.4, -0.2) is 48.9 Å². The minimum absolute atomic E-state index is 0.222. The summed E-state index contributed by atoms with van der Waals surface area (Å²) in [4.78, 5) is 16.3. The second kappa shape index (κ2) is 9.19. The maximum absolute atomic E-state index is 13.2. The number of hydrogen-bond donors (Lipinski definition) is 0. The van der Waals surface area contributed by atoms with Crippen molar-refractivity contribution in [3.8, 4) is 16.6 Å². The molecule has 3 aromatic rings. The first-order valence-electron chi connectivity index (χ1n) is 7.55. The number of ether oxygens (including phenoxy) is 1. The lowest BCUT2D eigenvalue weighted by Crippen LogP contribution is -2.19. The first-order chi connectivity index (χ1) is 13.0. The molecule has 0 fully saturated rings. The van der Waals surface area contributed by atoms with E-state index in [1.807, 2.05) is 0 Å². The third-order valence-corrected chi connectivity index (χ3v) is 5.66. The number of nitrogens with zero attached hydrogens (tertiary/aromatic N) is 6. The Balaban J connectivity index is 1.45. The fraction of sp³-hybridized carbons (Fsp3) is 0.286. The van der Waals surface area contributed by atoms with E-state index in [0.29, 0.717) is 21.8 Å². The molecule has 0 unspecified atom stereocenters. The Morgan fingerprint density at radius 2 is 2.22 bits per heavy atom. The first-order valence-corrected chi connectivity index (χ1v) is 10.1. The second-order valence-corrected chi connectivity index (χ2v) is 8.12. The van der Waals surface area contributed by atoms with Gasteiger partial charge in [-0.2, -0.15) is 0 Å². The third kappa shape index (κ3) is 5.68. The molecule has 2 heterocycles. The Bertz CT molecular complexity index is 937. The highest BCUT2D eigenvalue weighted by molar-refractivity contribution is 9.10. The summed E-state index contributed by atoms with van der Waals surface area (Å²) in [5.74, 6) is 0.540. The lowest BCUT2D eigenvalue weighted by Gasteiger charge is -2.07. The summed E-state index contributed by atoms with van der Waals surface area (Å²) in [5.41, 5.74) is 0. The fourth-order valence-electron chi connectivity index (χ4n) is 1.79. The largest absolute Gasteiger partial charge is 0.492 e. The van der Waals surface area contributed by atoms with E-state index in [-0.39, 0.29) is 11.6 Å². The molecule has 0 saturated heterocycles. The van der Waals surface area contributed by atoms with Gasteiger partial charge in [-0.1, -0.05) is 28.2 Å². The van der Waals surface area contributed by atoms with E-state index < -0.39 is 5.97 Å². The van der Waals surface area contributed by atoms with Crippen LogP contribution in [0.25, 0.3) is 10.8 Å². The number of aromatic nitrogens is 6. The zero-order valence-corrected chi connectivity index (χ0v) is 17.1. The zero-order valence-electron chi connectivity index (χ0n) is 13.8. The summed E-state index contributed by atoms with van der Waals surface area (Å²) in [6.07, 6.45) is 0.740. The zero-order chi connectivity index (χ0) is 19.2. The van der Waals surface area contributed by atoms with Gasteiger partial charge in [-0.25, -0.2) is 9.18 Å². The topological polar surface area (TPSA) is 105 Å². The van der Waals surface area contributed by atoms with Crippen LogP contribution in [0.3, 0.4) is 0 Å². The van der Waals surface area contributed by atoms with Crippen LogP contribution >= 0.6 is 39.0 Å². The quantitative estimate of drug-likeness (QED) is 0.276. The number of thioether (sulfide) groups is 1. The highest BCUT2D eigenvalue weighted by atomic mass is 79.9. The first kappa shape index (κ1) is 19.6. The van der Waals surface area contributed by atoms with Crippen molar-refractivity contribution >= 4 is 45.0 Å². The standard InChI is InChI=1S/C14H12BrFN6O3S2/c1-8(23)25-22-20-12(17-21-22)13-18-19-14(27-13)26-6-2-5-24-11-7-9(16)3-4-10(11)15/h3-4,7H,2,5-6H2,1H3. The molecule has 0 aliphatic carbocycles. The monoisotopic (exact) mass is 474 g/mol. The molecule has 0 saturated carbocycles. The van der Waals surface area contributed by atoms with Gasteiger partial charge in [-0.15, -0.1) is 15.3 Å². The SMILES string of the molecule is CC(=O)On1nnc(-c2nnc(SCCCOc3cc(F)ccc3Br)s2)n1. The molecule has 0 bridgehead atoms. The Morgan fingerprint density at radius 1 is 1.37 bits per heavy atom. The van der Waals surface area contributed by atoms with Gasteiger partial charge in [0.15, 0.2) is 9.35 Å². The Hall–Kier alpha value is -2.12. The average molecular weight is 475 g/mol. The van der Waals surface area contributed by atoms with Gasteiger partial charge in [0, 0.05) is 23.7 Å². The minimum atomic E-state index is -0.556. The molecule has 142 valence electrons. The van der Waals surface area contributed by atoms with E-state index in [9.17, 15) is 9.18 Å². The Labute approximate surface area is 169 Å². The number of carbonyl (C=O) groups excluding carboxylic acids is 1. The average Bonchev–Trinajstić information content (AvgIpc) is 3.26. The number of carbonyl (C=O) groups is 1. The number of hydrogen-bond acceptors (Lipinski definition) is 10. The highest BCUT2D eigenvalue weighted by Crippen LogP contribution is 2.28. The normalized spacial score (nSPS) is 10.8. The predicted octanol–water partition coefficient (Wildman–Crippen LogP) is 2.63. The maximum atomic E-state index is 13.2. The number of halogens is 2. The van der Waals surface area contributed by atoms with Gasteiger partial charge in [0.2, 0.25) is 5.82 Å². The Kier molecular flexibility index (Phi) is 6.68. The minimum Gasteiger partial charge on any atom is -0.492 e. The predicted molar refractivity (Wildman–Crippen MR) is 98.9 cm³/mol. The van der Waals surface area contributed by atoms with E-state index in [4.69, 9.17) is 4.74 Å². The molecule has 0 spiro atoms. The van der Waals surface area contributed by atoms with Crippen LogP contribution in [0.4, 0.5) is 4.39 Å². The van der Waals surface area contributed by atoms with E-state index >= 15 is 0 Å². The van der Waals surface area contributed by atoms with Crippen LogP contribution < -0.4 is 9.57 Å². The van der Waals surface area contributed by atoms with E-state index in [1.165, 1.54) is 42.2 Å². The van der Waals surface area contributed by atoms with Crippen molar-refractivity contribution in [1.82, 2.24) is 30.6 Å². The summed E-state index contributed by atoms with van der Waals surface area (Å²) in [7, 11) is 0. The molecule has 0 aliphatic heterocycles. The summed E-state index contributed by atoms with van der Waals surface area (Å²) >= 11 is 6.12. The molecule has 9 nitrogen and oxygen atoms in total. The van der Waals surface area contributed by atoms with Crippen molar-refractivity contribution < 1.29 is 18.8 Å². The molecule has 27 heavy (non-hydrogen) atoms. The van der Waals surface area contributed by atoms with Gasteiger partial charge in [0.1, 0.15) is 11.6 Å². The lowest BCUT2D eigenvalue weighted by atomic mass is 10.3. The van der Waals surface area contributed by atoms with E-state index in [1.54, 1.807) is 6.07 Å². The highest BCUT2D eigenvalue weighted by Gasteiger charge is 2.14. The summed E-state index contributed by atoms with van der Waals surface area (Å²) in [5, 5.41) is 19.8. The summed E-state index contributed by atoms with van der Waals surface area (Å²) in [6, 6.07) is 4.30. The van der Waals surface area contributed by atoms with Gasteiger partial charge in [-0.3, -0.25) is 0 Å². The van der Waals surface area contributed by atoms with Crippen molar-refractivity contribution in [2.24, 2.45) is 0 Å². The second-order valence-electron chi connectivity index (χ2n) is 4.95. The van der Waals surface area contributed by atoms with Gasteiger partial charge < -0.3 is 9.57 Å². The molecular weight excluding hydrogens is 463 g/mol. The van der Waals surface area contributed by atoms with Crippen molar-refractivity contribution in [3.05, 3.63) is 28.5 Å². The van der Waals surface area contributed by atoms with Crippen LogP contribution in [-0.2, 0) is 4.79 Å². The third-order valence-electron chi connectivity index (χ3n) is 2.87. The number of rotatable bonds is 8. The summed E-state index contributed by atoms with van der Waals surface area (Å²) in [6.45, 7) is 1.68. The van der Waals surface area contributed by atoms with Crippen LogP contribution in [0.2, 0.25) is 0 Å². The molecule has 0 amide bonds. The van der Waals surface area contributed by atoms with Crippen LogP contribution in [0.1, 0.15) is 13.3 Å². The van der Waals surface area contributed by atoms with Crippen LogP contribution in [0, 0.1) is 5.82 Å². The van der Waals surface area contributed by atoms with Gasteiger partial charge in [-0.05, 0) is 39.7 Å². The van der Waals surface area contributed by atoms with Crippen LogP contribution in [0.5, 0.6) is 5.75 Å². The molecule has 0 atom stereocenters. The molecule has 0 N–H and O–H groups in total. The molecule has 0 aliphatic rings. The van der Waals surface area contributed by atoms with E-state index in [2.05, 4.69) is 46.4 Å².